The zero-order valence-corrected chi connectivity index (χ0v) is 14.9. The minimum absolute atomic E-state index is 0.0210. The third kappa shape index (κ3) is 8.73. The first-order valence-electron chi connectivity index (χ1n) is 7.55. The first-order valence-corrected chi connectivity index (χ1v) is 8.18. The number of nitrogens with two attached hydrogens (primary N) is 1. The molecule has 0 radical (unpaired) electrons. The number of carbonyl (C=O) groups excluding carboxylic acids is 3. The van der Waals surface area contributed by atoms with Crippen molar-refractivity contribution in [3.63, 3.8) is 0 Å². The predicted octanol–water partition coefficient (Wildman–Crippen LogP) is -1.52. The normalized spacial score (nSPS) is 14.4. The molecule has 24 heavy (non-hydrogen) atoms. The average Bonchev–Trinajstić information content (AvgIpc) is 2.48. The van der Waals surface area contributed by atoms with Gasteiger partial charge in [0.25, 0.3) is 0 Å². The lowest BCUT2D eigenvalue weighted by Gasteiger charge is -2.21. The van der Waals surface area contributed by atoms with Crippen LogP contribution in [0.4, 0.5) is 0 Å². The number of amides is 3. The maximum atomic E-state index is 12.1. The number of hydrogen-bond acceptors (Lipinski definition) is 6. The lowest BCUT2D eigenvalue weighted by Crippen LogP contribution is -2.54. The monoisotopic (exact) mass is 362 g/mol. The van der Waals surface area contributed by atoms with Gasteiger partial charge in [-0.05, 0) is 19.3 Å². The molecule has 0 bridgehead atoms. The topological polar surface area (TPSA) is 151 Å². The third-order valence-electron chi connectivity index (χ3n) is 2.99. The Hall–Kier alpha value is -1.81. The maximum absolute atomic E-state index is 12.1. The van der Waals surface area contributed by atoms with Crippen molar-refractivity contribution >= 4 is 36.3 Å². The molecular weight excluding hydrogens is 336 g/mol. The van der Waals surface area contributed by atoms with Gasteiger partial charge in [0.15, 0.2) is 0 Å². The smallest absolute Gasteiger partial charge is 0.326 e. The van der Waals surface area contributed by atoms with Gasteiger partial charge in [0.1, 0.15) is 12.1 Å². The summed E-state index contributed by atoms with van der Waals surface area (Å²) in [5, 5.41) is 16.2. The Morgan fingerprint density at radius 3 is 2.04 bits per heavy atom. The van der Waals surface area contributed by atoms with Crippen molar-refractivity contribution in [3.8, 4) is 0 Å². The number of carboxylic acid groups (broad SMARTS) is 1. The highest BCUT2D eigenvalue weighted by Gasteiger charge is 2.26. The van der Waals surface area contributed by atoms with Crippen molar-refractivity contribution < 1.29 is 24.3 Å². The quantitative estimate of drug-likeness (QED) is 0.260. The molecule has 6 N–H and O–H groups in total. The molecule has 0 aromatic heterocycles. The molecule has 138 valence electrons. The van der Waals surface area contributed by atoms with Gasteiger partial charge in [-0.25, -0.2) is 4.79 Å². The van der Waals surface area contributed by atoms with Crippen LogP contribution in [0.15, 0.2) is 0 Å². The molecule has 0 aromatic carbocycles. The standard InChI is InChI=1S/C14H26N4O5S/c1-7(2)4-9(14(22)23)18-13(21)10(6-24)17-11(19)5-16-12(20)8(3)15/h7-10,24H,4-6,15H2,1-3H3,(H,16,20)(H,17,19)(H,18,21)(H,22,23). The summed E-state index contributed by atoms with van der Waals surface area (Å²) in [6.07, 6.45) is 0.263. The van der Waals surface area contributed by atoms with Crippen LogP contribution >= 0.6 is 12.6 Å². The van der Waals surface area contributed by atoms with E-state index in [9.17, 15) is 19.2 Å². The van der Waals surface area contributed by atoms with Gasteiger partial charge in [-0.1, -0.05) is 13.8 Å². The molecule has 3 amide bonds. The number of carboxylic acids is 1. The van der Waals surface area contributed by atoms with Gasteiger partial charge >= 0.3 is 5.97 Å². The Bertz CT molecular complexity index is 470. The minimum Gasteiger partial charge on any atom is -0.480 e. The molecule has 0 saturated heterocycles. The highest BCUT2D eigenvalue weighted by molar-refractivity contribution is 7.80. The first kappa shape index (κ1) is 22.2. The first-order chi connectivity index (χ1) is 11.1. The SMILES string of the molecule is CC(C)CC(NC(=O)C(CS)NC(=O)CNC(=O)C(C)N)C(=O)O. The second kappa shape index (κ2) is 10.9. The van der Waals surface area contributed by atoms with Gasteiger partial charge in [-0.15, -0.1) is 0 Å². The average molecular weight is 362 g/mol. The lowest BCUT2D eigenvalue weighted by atomic mass is 10.0. The fourth-order valence-electron chi connectivity index (χ4n) is 1.73. The second-order valence-electron chi connectivity index (χ2n) is 5.84. The fraction of sp³-hybridized carbons (Fsp3) is 0.714. The molecule has 10 heteroatoms. The fourth-order valence-corrected chi connectivity index (χ4v) is 1.99. The van der Waals surface area contributed by atoms with E-state index in [1.807, 2.05) is 13.8 Å². The van der Waals surface area contributed by atoms with Gasteiger partial charge in [0.2, 0.25) is 17.7 Å². The Kier molecular flexibility index (Phi) is 10.0. The van der Waals surface area contributed by atoms with Crippen LogP contribution in [-0.2, 0) is 19.2 Å². The Balaban J connectivity index is 4.60. The van der Waals surface area contributed by atoms with Crippen molar-refractivity contribution in [1.29, 1.82) is 0 Å². The summed E-state index contributed by atoms with van der Waals surface area (Å²) in [5.74, 6) is -2.85. The molecule has 0 rings (SSSR count). The predicted molar refractivity (Wildman–Crippen MR) is 91.5 cm³/mol. The summed E-state index contributed by atoms with van der Waals surface area (Å²) in [7, 11) is 0. The summed E-state index contributed by atoms with van der Waals surface area (Å²) in [6, 6.07) is -2.81. The van der Waals surface area contributed by atoms with Crippen LogP contribution in [0.3, 0.4) is 0 Å². The van der Waals surface area contributed by atoms with Crippen LogP contribution in [0.1, 0.15) is 27.2 Å². The molecular formula is C14H26N4O5S. The minimum atomic E-state index is -1.15. The Labute approximate surface area is 146 Å². The van der Waals surface area contributed by atoms with Gasteiger partial charge in [0, 0.05) is 5.75 Å². The number of rotatable bonds is 10. The van der Waals surface area contributed by atoms with Crippen molar-refractivity contribution in [2.45, 2.75) is 45.3 Å². The van der Waals surface area contributed by atoms with Gasteiger partial charge in [-0.2, -0.15) is 12.6 Å². The van der Waals surface area contributed by atoms with E-state index in [1.54, 1.807) is 0 Å². The number of aliphatic carboxylic acids is 1. The van der Waals surface area contributed by atoms with E-state index in [4.69, 9.17) is 10.8 Å². The molecule has 0 aliphatic rings. The van der Waals surface area contributed by atoms with E-state index in [1.165, 1.54) is 6.92 Å². The summed E-state index contributed by atoms with van der Waals surface area (Å²) < 4.78 is 0. The molecule has 9 nitrogen and oxygen atoms in total. The summed E-state index contributed by atoms with van der Waals surface area (Å²) in [4.78, 5) is 46.3. The second-order valence-corrected chi connectivity index (χ2v) is 6.20. The summed E-state index contributed by atoms with van der Waals surface area (Å²) in [6.45, 7) is 4.80. The van der Waals surface area contributed by atoms with Gasteiger partial charge in [-0.3, -0.25) is 14.4 Å². The van der Waals surface area contributed by atoms with E-state index >= 15 is 0 Å². The van der Waals surface area contributed by atoms with Crippen LogP contribution in [0.25, 0.3) is 0 Å². The molecule has 0 aliphatic carbocycles. The van der Waals surface area contributed by atoms with E-state index < -0.39 is 41.8 Å². The van der Waals surface area contributed by atoms with Gasteiger partial charge in [0.05, 0.1) is 12.6 Å². The van der Waals surface area contributed by atoms with Crippen molar-refractivity contribution in [3.05, 3.63) is 0 Å². The van der Waals surface area contributed by atoms with E-state index in [0.717, 1.165) is 0 Å². The Morgan fingerprint density at radius 2 is 1.62 bits per heavy atom. The van der Waals surface area contributed by atoms with Gasteiger partial charge < -0.3 is 26.8 Å². The number of thiol groups is 1. The van der Waals surface area contributed by atoms with Crippen LogP contribution in [0, 0.1) is 5.92 Å². The van der Waals surface area contributed by atoms with E-state index in [-0.39, 0.29) is 24.6 Å². The Morgan fingerprint density at radius 1 is 1.04 bits per heavy atom. The molecule has 0 fully saturated rings. The van der Waals surface area contributed by atoms with Crippen LogP contribution in [0.2, 0.25) is 0 Å². The molecule has 0 aromatic rings. The van der Waals surface area contributed by atoms with Crippen molar-refractivity contribution in [1.82, 2.24) is 16.0 Å². The highest BCUT2D eigenvalue weighted by Crippen LogP contribution is 2.05. The van der Waals surface area contributed by atoms with E-state index in [2.05, 4.69) is 28.6 Å². The van der Waals surface area contributed by atoms with Crippen molar-refractivity contribution in [2.75, 3.05) is 12.3 Å². The molecule has 3 atom stereocenters. The molecule has 0 saturated carbocycles. The largest absolute Gasteiger partial charge is 0.480 e. The summed E-state index contributed by atoms with van der Waals surface area (Å²) >= 11 is 3.98. The molecule has 0 heterocycles. The van der Waals surface area contributed by atoms with Crippen LogP contribution in [-0.4, -0.2) is 59.2 Å². The van der Waals surface area contributed by atoms with Crippen molar-refractivity contribution in [2.24, 2.45) is 11.7 Å². The van der Waals surface area contributed by atoms with Crippen LogP contribution < -0.4 is 21.7 Å². The zero-order valence-electron chi connectivity index (χ0n) is 14.0. The maximum Gasteiger partial charge on any atom is 0.326 e. The molecule has 0 spiro atoms. The van der Waals surface area contributed by atoms with E-state index in [0.29, 0.717) is 0 Å². The summed E-state index contributed by atoms with van der Waals surface area (Å²) in [5.41, 5.74) is 5.34. The molecule has 0 aliphatic heterocycles. The number of hydrogen-bond donors (Lipinski definition) is 6. The number of nitrogens with one attached hydrogen (secondary N) is 3. The highest BCUT2D eigenvalue weighted by atomic mass is 32.1. The lowest BCUT2D eigenvalue weighted by molar-refractivity contribution is -0.142. The third-order valence-corrected chi connectivity index (χ3v) is 3.36. The van der Waals surface area contributed by atoms with Crippen LogP contribution in [0.5, 0.6) is 0 Å². The zero-order chi connectivity index (χ0) is 18.9. The number of carbonyl (C=O) groups is 4. The molecule has 3 unspecified atom stereocenters.